The Hall–Kier alpha value is -7.62. The summed E-state index contributed by atoms with van der Waals surface area (Å²) < 4.78 is 2.43. The van der Waals surface area contributed by atoms with Crippen LogP contribution in [0.3, 0.4) is 0 Å². The Balaban J connectivity index is 1.09. The van der Waals surface area contributed by atoms with E-state index in [2.05, 4.69) is 205 Å². The summed E-state index contributed by atoms with van der Waals surface area (Å²) in [5, 5.41) is 13.1. The molecule has 10 aromatic carbocycles. The van der Waals surface area contributed by atoms with E-state index < -0.39 is 0 Å². The van der Waals surface area contributed by atoms with Gasteiger partial charge in [0, 0.05) is 32.7 Å². The molecule has 0 atom stereocenters. The molecule has 264 valence electrons. The van der Waals surface area contributed by atoms with Crippen molar-refractivity contribution in [2.24, 2.45) is 0 Å². The van der Waals surface area contributed by atoms with Crippen LogP contribution in [0.25, 0.3) is 115 Å². The summed E-state index contributed by atoms with van der Waals surface area (Å²) in [7, 11) is 0. The van der Waals surface area contributed by atoms with Crippen molar-refractivity contribution in [2.45, 2.75) is 0 Å². The highest BCUT2D eigenvalue weighted by Gasteiger charge is 2.19. The molecule has 0 fully saturated rings. The Bertz CT molecular complexity index is 3590. The summed E-state index contributed by atoms with van der Waals surface area (Å²) in [6.07, 6.45) is 0. The number of nitrogens with zero attached hydrogens (tertiary/aromatic N) is 3. The second-order valence-electron chi connectivity index (χ2n) is 15.0. The Kier molecular flexibility index (Phi) is 6.93. The van der Waals surface area contributed by atoms with Crippen molar-refractivity contribution in [2.75, 3.05) is 0 Å². The van der Waals surface area contributed by atoms with Crippen LogP contribution in [0.2, 0.25) is 0 Å². The lowest BCUT2D eigenvalue weighted by atomic mass is 9.96. The molecule has 0 unspecified atom stereocenters. The van der Waals surface area contributed by atoms with E-state index >= 15 is 0 Å². The van der Waals surface area contributed by atoms with E-state index in [0.717, 1.165) is 49.7 Å². The molecule has 0 bridgehead atoms. The van der Waals surface area contributed by atoms with Gasteiger partial charge in [-0.1, -0.05) is 146 Å². The molecule has 0 N–H and O–H groups in total. The molecule has 57 heavy (non-hydrogen) atoms. The molecule has 3 heteroatoms. The first-order valence-electron chi connectivity index (χ1n) is 19.5. The van der Waals surface area contributed by atoms with Crippen LogP contribution < -0.4 is 0 Å². The van der Waals surface area contributed by atoms with E-state index in [1.807, 2.05) is 0 Å². The first-order chi connectivity index (χ1) is 28.2. The van der Waals surface area contributed by atoms with Crippen LogP contribution in [0.1, 0.15) is 0 Å². The maximum Gasteiger partial charge on any atom is 0.161 e. The van der Waals surface area contributed by atoms with Gasteiger partial charge in [0.25, 0.3) is 0 Å². The molecule has 0 aliphatic heterocycles. The minimum atomic E-state index is 0.708. The van der Waals surface area contributed by atoms with E-state index in [9.17, 15) is 0 Å². The second kappa shape index (κ2) is 12.5. The first-order valence-corrected chi connectivity index (χ1v) is 19.5. The lowest BCUT2D eigenvalue weighted by molar-refractivity contribution is 1.19. The van der Waals surface area contributed by atoms with Gasteiger partial charge in [-0.3, -0.25) is 0 Å². The van der Waals surface area contributed by atoms with Gasteiger partial charge in [-0.25, -0.2) is 9.97 Å². The first kappa shape index (κ1) is 31.7. The topological polar surface area (TPSA) is 30.7 Å². The fourth-order valence-corrected chi connectivity index (χ4v) is 8.94. The van der Waals surface area contributed by atoms with E-state index in [4.69, 9.17) is 9.97 Å². The Labute approximate surface area is 328 Å². The van der Waals surface area contributed by atoms with Crippen molar-refractivity contribution in [1.82, 2.24) is 14.5 Å². The molecule has 12 rings (SSSR count). The third-order valence-corrected chi connectivity index (χ3v) is 11.7. The highest BCUT2D eigenvalue weighted by molar-refractivity contribution is 6.15. The van der Waals surface area contributed by atoms with Crippen molar-refractivity contribution in [3.8, 4) is 39.5 Å². The number of hydrogen-bond acceptors (Lipinski definition) is 2. The van der Waals surface area contributed by atoms with Crippen molar-refractivity contribution < 1.29 is 0 Å². The number of hydrogen-bond donors (Lipinski definition) is 0. The van der Waals surface area contributed by atoms with Crippen molar-refractivity contribution in [3.05, 3.63) is 200 Å². The third kappa shape index (κ3) is 5.06. The molecule has 0 amide bonds. The standard InChI is InChI=1S/C54H33N3/c1-3-13-36-29-40(23-21-34(36)11-1)41-25-27-49-48(32-41)53(42-24-22-35-12-2-4-14-37(35)30-42)56-54(55-49)46-26-28-51(44-18-8-7-17-43(44)46)57-50-20-10-9-19-45(50)47-31-38-15-5-6-16-39(38)33-52(47)57/h1-33H. The summed E-state index contributed by atoms with van der Waals surface area (Å²) in [6.45, 7) is 0. The van der Waals surface area contributed by atoms with E-state index in [0.29, 0.717) is 5.82 Å². The average molecular weight is 724 g/mol. The molecular formula is C54H33N3. The van der Waals surface area contributed by atoms with Crippen molar-refractivity contribution >= 4 is 75.8 Å². The summed E-state index contributed by atoms with van der Waals surface area (Å²) in [6, 6.07) is 72.2. The molecule has 3 nitrogen and oxygen atoms in total. The minimum absolute atomic E-state index is 0.708. The molecular weight excluding hydrogens is 691 g/mol. The van der Waals surface area contributed by atoms with Gasteiger partial charge >= 0.3 is 0 Å². The van der Waals surface area contributed by atoms with Crippen LogP contribution in [0.5, 0.6) is 0 Å². The van der Waals surface area contributed by atoms with Crippen molar-refractivity contribution in [3.63, 3.8) is 0 Å². The van der Waals surface area contributed by atoms with Gasteiger partial charge in [-0.2, -0.15) is 0 Å². The van der Waals surface area contributed by atoms with Gasteiger partial charge in [-0.15, -0.1) is 0 Å². The van der Waals surface area contributed by atoms with Crippen LogP contribution in [0, 0.1) is 0 Å². The van der Waals surface area contributed by atoms with Gasteiger partial charge in [0.15, 0.2) is 5.82 Å². The lowest BCUT2D eigenvalue weighted by Crippen LogP contribution is -1.99. The molecule has 0 saturated heterocycles. The zero-order valence-electron chi connectivity index (χ0n) is 30.9. The average Bonchev–Trinajstić information content (AvgIpc) is 3.59. The van der Waals surface area contributed by atoms with Crippen LogP contribution >= 0.6 is 0 Å². The number of benzene rings is 10. The molecule has 0 radical (unpaired) electrons. The van der Waals surface area contributed by atoms with Crippen LogP contribution in [-0.2, 0) is 0 Å². The molecule has 0 aliphatic carbocycles. The molecule has 0 spiro atoms. The number of rotatable bonds is 4. The maximum absolute atomic E-state index is 5.49. The number of aromatic nitrogens is 3. The van der Waals surface area contributed by atoms with Gasteiger partial charge < -0.3 is 4.57 Å². The van der Waals surface area contributed by atoms with Crippen LogP contribution in [0.4, 0.5) is 0 Å². The monoisotopic (exact) mass is 723 g/mol. The Morgan fingerprint density at radius 2 is 0.877 bits per heavy atom. The number of fused-ring (bicyclic) bond motifs is 8. The largest absolute Gasteiger partial charge is 0.309 e. The van der Waals surface area contributed by atoms with Gasteiger partial charge in [0.2, 0.25) is 0 Å². The summed E-state index contributed by atoms with van der Waals surface area (Å²) in [5.41, 5.74) is 9.72. The van der Waals surface area contributed by atoms with Crippen molar-refractivity contribution in [1.29, 1.82) is 0 Å². The second-order valence-corrected chi connectivity index (χ2v) is 15.0. The van der Waals surface area contributed by atoms with E-state index in [1.54, 1.807) is 0 Å². The molecule has 2 heterocycles. The highest BCUT2D eigenvalue weighted by atomic mass is 15.0. The normalized spacial score (nSPS) is 11.9. The summed E-state index contributed by atoms with van der Waals surface area (Å²) >= 11 is 0. The van der Waals surface area contributed by atoms with E-state index in [1.165, 1.54) is 59.7 Å². The highest BCUT2D eigenvalue weighted by Crippen LogP contribution is 2.40. The SMILES string of the molecule is c1ccc2cc(-c3ccc4nc(-c5ccc(-n6c7ccccc7c7cc8ccccc8cc76)c6ccccc56)nc(-c5ccc6ccccc6c5)c4c3)ccc2c1. The predicted molar refractivity (Wildman–Crippen MR) is 240 cm³/mol. The predicted octanol–water partition coefficient (Wildman–Crippen LogP) is 14.3. The molecule has 2 aromatic heterocycles. The van der Waals surface area contributed by atoms with Gasteiger partial charge in [0.05, 0.1) is 27.9 Å². The Morgan fingerprint density at radius 3 is 1.63 bits per heavy atom. The molecule has 12 aromatic rings. The zero-order chi connectivity index (χ0) is 37.5. The maximum atomic E-state index is 5.49. The lowest BCUT2D eigenvalue weighted by Gasteiger charge is -2.16. The summed E-state index contributed by atoms with van der Waals surface area (Å²) in [4.78, 5) is 10.8. The number of para-hydroxylation sites is 1. The summed E-state index contributed by atoms with van der Waals surface area (Å²) in [5.74, 6) is 0.708. The van der Waals surface area contributed by atoms with Crippen LogP contribution in [-0.4, -0.2) is 14.5 Å². The Morgan fingerprint density at radius 1 is 0.316 bits per heavy atom. The third-order valence-electron chi connectivity index (χ3n) is 11.7. The molecule has 0 saturated carbocycles. The van der Waals surface area contributed by atoms with E-state index in [-0.39, 0.29) is 0 Å². The van der Waals surface area contributed by atoms with Crippen LogP contribution in [0.15, 0.2) is 200 Å². The minimum Gasteiger partial charge on any atom is -0.309 e. The quantitative estimate of drug-likeness (QED) is 0.181. The van der Waals surface area contributed by atoms with Gasteiger partial charge in [0.1, 0.15) is 0 Å². The zero-order valence-corrected chi connectivity index (χ0v) is 30.9. The fourth-order valence-electron chi connectivity index (χ4n) is 8.94. The van der Waals surface area contributed by atoms with Gasteiger partial charge in [-0.05, 0) is 103 Å². The smallest absolute Gasteiger partial charge is 0.161 e. The fraction of sp³-hybridized carbons (Fsp3) is 0. The molecule has 0 aliphatic rings.